The maximum atomic E-state index is 13.0. The van der Waals surface area contributed by atoms with Crippen LogP contribution in [0.5, 0.6) is 0 Å². The summed E-state index contributed by atoms with van der Waals surface area (Å²) in [6.07, 6.45) is -12.9. The zero-order valence-corrected chi connectivity index (χ0v) is 32.4. The summed E-state index contributed by atoms with van der Waals surface area (Å²) in [6, 6.07) is 13.4. The lowest BCUT2D eigenvalue weighted by Gasteiger charge is -2.17. The summed E-state index contributed by atoms with van der Waals surface area (Å²) in [5.74, 6) is -1.55. The third-order valence-electron chi connectivity index (χ3n) is 9.69. The second-order valence-electron chi connectivity index (χ2n) is 14.2. The number of carbonyl (C=O) groups is 2. The van der Waals surface area contributed by atoms with E-state index in [2.05, 4.69) is 0 Å². The minimum atomic E-state index is -4.91. The largest absolute Gasteiger partial charge is 0.478 e. The maximum Gasteiger partial charge on any atom is 0.416 e. The molecule has 62 heavy (non-hydrogen) atoms. The number of benzene rings is 4. The molecule has 2 aliphatic rings. The molecule has 0 saturated carbocycles. The number of esters is 1. The van der Waals surface area contributed by atoms with Crippen LogP contribution in [-0.2, 0) is 74.6 Å². The van der Waals surface area contributed by atoms with E-state index in [1.807, 2.05) is 6.07 Å². The first-order valence-corrected chi connectivity index (χ1v) is 18.7. The SMILES string of the molecule is CCOC(=O)/C=C/c1ccc2c(c1)CCC2OCc1cc(C(F)(F)F)cc(C(F)(F)F)c1.O=C(O)/C=C/c1ccc2c(c1)CCC2OCc1cc(C(F)(F)F)cc(C(F)(F)F)c1. The van der Waals surface area contributed by atoms with Crippen LogP contribution < -0.4 is 0 Å². The van der Waals surface area contributed by atoms with E-state index in [1.165, 1.54) is 12.2 Å². The molecule has 0 radical (unpaired) electrons. The van der Waals surface area contributed by atoms with Crippen LogP contribution in [0.3, 0.4) is 0 Å². The molecule has 2 unspecified atom stereocenters. The number of halogens is 12. The standard InChI is InChI=1S/C23H20F6O3.C21H16F6O3/c1-2-31-21(30)8-4-14-3-6-19-16(9-14)5-7-20(19)32-13-15-10-17(22(24,25)26)12-18(11-15)23(27,28)29;22-20(23,24)15-8-13(9-16(10-15)21(25,26)27)11-30-18-5-3-14-7-12(1-4-17(14)18)2-6-19(28)29/h3-4,6,8-12,20H,2,5,7,13H2,1H3;1-2,4,6-10,18H,3,5,11H2,(H,28,29)/b8-4+;6-2+. The van der Waals surface area contributed by atoms with E-state index < -0.39 is 77.7 Å². The molecule has 2 aliphatic carbocycles. The smallest absolute Gasteiger partial charge is 0.416 e. The van der Waals surface area contributed by atoms with Gasteiger partial charge in [-0.1, -0.05) is 36.4 Å². The van der Waals surface area contributed by atoms with Crippen molar-refractivity contribution in [2.75, 3.05) is 6.61 Å². The number of aryl methyl sites for hydroxylation is 2. The minimum absolute atomic E-state index is 0.0839. The molecule has 4 aromatic rings. The lowest BCUT2D eigenvalue weighted by molar-refractivity contribution is -0.144. The summed E-state index contributed by atoms with van der Waals surface area (Å²) in [4.78, 5) is 22.0. The quantitative estimate of drug-likeness (QED) is 0.0918. The predicted molar refractivity (Wildman–Crippen MR) is 200 cm³/mol. The van der Waals surface area contributed by atoms with Crippen LogP contribution in [0.25, 0.3) is 12.2 Å². The molecule has 0 fully saturated rings. The first-order chi connectivity index (χ1) is 28.9. The van der Waals surface area contributed by atoms with Crippen LogP contribution in [0.15, 0.2) is 84.9 Å². The zero-order chi connectivity index (χ0) is 45.6. The number of ether oxygens (including phenoxy) is 3. The highest BCUT2D eigenvalue weighted by atomic mass is 19.4. The zero-order valence-electron chi connectivity index (χ0n) is 32.4. The molecule has 2 atom stereocenters. The molecule has 0 aliphatic heterocycles. The molecule has 0 bridgehead atoms. The number of rotatable bonds is 11. The molecule has 6 rings (SSSR count). The summed E-state index contributed by atoms with van der Waals surface area (Å²) >= 11 is 0. The molecule has 332 valence electrons. The number of aliphatic carboxylic acids is 1. The predicted octanol–water partition coefficient (Wildman–Crippen LogP) is 12.5. The normalized spacial score (nSPS) is 16.6. The van der Waals surface area contributed by atoms with E-state index in [9.17, 15) is 62.3 Å². The van der Waals surface area contributed by atoms with Gasteiger partial charge in [0.2, 0.25) is 0 Å². The van der Waals surface area contributed by atoms with Gasteiger partial charge in [0.1, 0.15) is 0 Å². The van der Waals surface area contributed by atoms with Crippen molar-refractivity contribution in [2.45, 2.75) is 82.7 Å². The fraction of sp³-hybridized carbons (Fsp3) is 0.318. The topological polar surface area (TPSA) is 82.1 Å². The van der Waals surface area contributed by atoms with Crippen molar-refractivity contribution in [1.29, 1.82) is 0 Å². The third kappa shape index (κ3) is 13.0. The molecule has 6 nitrogen and oxygen atoms in total. The van der Waals surface area contributed by atoms with E-state index in [1.54, 1.807) is 43.3 Å². The van der Waals surface area contributed by atoms with Crippen molar-refractivity contribution in [3.8, 4) is 0 Å². The molecule has 0 saturated heterocycles. The molecule has 4 aromatic carbocycles. The van der Waals surface area contributed by atoms with Gasteiger partial charge in [-0.05, 0) is 126 Å². The molecule has 0 amide bonds. The molecule has 18 heteroatoms. The van der Waals surface area contributed by atoms with E-state index >= 15 is 0 Å². The van der Waals surface area contributed by atoms with Crippen molar-refractivity contribution < 1.29 is 81.6 Å². The summed E-state index contributed by atoms with van der Waals surface area (Å²) in [5.41, 5.74) is -1.02. The van der Waals surface area contributed by atoms with Crippen molar-refractivity contribution in [3.63, 3.8) is 0 Å². The Kier molecular flexibility index (Phi) is 14.7. The number of alkyl halides is 12. The highest BCUT2D eigenvalue weighted by Gasteiger charge is 2.38. The molecular weight excluding hydrogens is 852 g/mol. The number of fused-ring (bicyclic) bond motifs is 2. The van der Waals surface area contributed by atoms with Gasteiger partial charge in [-0.15, -0.1) is 0 Å². The molecule has 0 spiro atoms. The number of hydrogen-bond acceptors (Lipinski definition) is 5. The lowest BCUT2D eigenvalue weighted by Crippen LogP contribution is -2.12. The van der Waals surface area contributed by atoms with E-state index in [0.717, 1.165) is 33.9 Å². The Morgan fingerprint density at radius 1 is 0.581 bits per heavy atom. The van der Waals surface area contributed by atoms with Crippen LogP contribution in [-0.4, -0.2) is 23.7 Å². The van der Waals surface area contributed by atoms with Gasteiger partial charge in [0.25, 0.3) is 0 Å². The first-order valence-electron chi connectivity index (χ1n) is 18.7. The van der Waals surface area contributed by atoms with Crippen LogP contribution in [0.4, 0.5) is 52.7 Å². The second-order valence-corrected chi connectivity index (χ2v) is 14.2. The van der Waals surface area contributed by atoms with Gasteiger partial charge in [0, 0.05) is 12.2 Å². The fourth-order valence-electron chi connectivity index (χ4n) is 6.87. The number of hydrogen-bond donors (Lipinski definition) is 1. The van der Waals surface area contributed by atoms with Crippen molar-refractivity contribution in [1.82, 2.24) is 0 Å². The van der Waals surface area contributed by atoms with Crippen molar-refractivity contribution in [3.05, 3.63) is 152 Å². The summed E-state index contributed by atoms with van der Waals surface area (Å²) < 4.78 is 172. The van der Waals surface area contributed by atoms with Crippen LogP contribution in [0, 0.1) is 0 Å². The minimum Gasteiger partial charge on any atom is -0.478 e. The van der Waals surface area contributed by atoms with Gasteiger partial charge >= 0.3 is 36.6 Å². The Bertz CT molecular complexity index is 2240. The van der Waals surface area contributed by atoms with Gasteiger partial charge in [-0.3, -0.25) is 0 Å². The molecule has 1 N–H and O–H groups in total. The van der Waals surface area contributed by atoms with E-state index in [4.69, 9.17) is 19.3 Å². The molecular formula is C44H36F12O6. The molecule has 0 heterocycles. The van der Waals surface area contributed by atoms with Crippen LogP contribution >= 0.6 is 0 Å². The van der Waals surface area contributed by atoms with Crippen LogP contribution in [0.2, 0.25) is 0 Å². The average molecular weight is 889 g/mol. The second kappa shape index (κ2) is 19.2. The highest BCUT2D eigenvalue weighted by Crippen LogP contribution is 2.41. The summed E-state index contributed by atoms with van der Waals surface area (Å²) in [7, 11) is 0. The monoisotopic (exact) mass is 888 g/mol. The maximum absolute atomic E-state index is 13.0. The van der Waals surface area contributed by atoms with Gasteiger partial charge < -0.3 is 19.3 Å². The van der Waals surface area contributed by atoms with E-state index in [-0.39, 0.29) is 36.5 Å². The lowest BCUT2D eigenvalue weighted by atomic mass is 10.0. The van der Waals surface area contributed by atoms with Crippen molar-refractivity contribution >= 4 is 24.1 Å². The number of carbonyl (C=O) groups excluding carboxylic acids is 1. The fourth-order valence-corrected chi connectivity index (χ4v) is 6.87. The summed E-state index contributed by atoms with van der Waals surface area (Å²) in [6.45, 7) is 1.17. The Morgan fingerprint density at radius 2 is 0.952 bits per heavy atom. The Morgan fingerprint density at radius 3 is 1.29 bits per heavy atom. The van der Waals surface area contributed by atoms with Gasteiger partial charge in [0.05, 0.1) is 54.3 Å². The van der Waals surface area contributed by atoms with Gasteiger partial charge in [-0.2, -0.15) is 52.7 Å². The van der Waals surface area contributed by atoms with Crippen molar-refractivity contribution in [2.24, 2.45) is 0 Å². The third-order valence-corrected chi connectivity index (χ3v) is 9.69. The highest BCUT2D eigenvalue weighted by molar-refractivity contribution is 5.87. The number of carboxylic acids is 1. The number of carboxylic acid groups (broad SMARTS) is 1. The average Bonchev–Trinajstić information content (AvgIpc) is 3.79. The Balaban J connectivity index is 0.000000235. The van der Waals surface area contributed by atoms with Gasteiger partial charge in [-0.25, -0.2) is 9.59 Å². The van der Waals surface area contributed by atoms with Gasteiger partial charge in [0.15, 0.2) is 0 Å². The Hall–Kier alpha value is -5.62. The van der Waals surface area contributed by atoms with E-state index in [0.29, 0.717) is 55.5 Å². The van der Waals surface area contributed by atoms with Crippen LogP contribution in [0.1, 0.15) is 98.7 Å². The Labute approximate surface area is 346 Å². The first kappa shape index (κ1) is 47.4. The molecule has 0 aromatic heterocycles. The summed E-state index contributed by atoms with van der Waals surface area (Å²) in [5, 5.41) is 8.68.